The second kappa shape index (κ2) is 6.03. The van der Waals surface area contributed by atoms with E-state index in [2.05, 4.69) is 10.6 Å². The van der Waals surface area contributed by atoms with Gasteiger partial charge in [-0.05, 0) is 48.9 Å². The van der Waals surface area contributed by atoms with E-state index >= 15 is 0 Å². The number of aryl methyl sites for hydroxylation is 1. The lowest BCUT2D eigenvalue weighted by Gasteiger charge is -2.10. The van der Waals surface area contributed by atoms with Gasteiger partial charge in [-0.2, -0.15) is 0 Å². The maximum Gasteiger partial charge on any atom is 0.323 e. The maximum atomic E-state index is 11.9. The molecule has 0 heterocycles. The Kier molecular flexibility index (Phi) is 4.37. The summed E-state index contributed by atoms with van der Waals surface area (Å²) in [6.45, 7) is 1.87. The second-order valence-corrected chi connectivity index (χ2v) is 5.12. The summed E-state index contributed by atoms with van der Waals surface area (Å²) in [4.78, 5) is 11.9. The number of nitrogens with one attached hydrogen (secondary N) is 2. The third-order valence-corrected chi connectivity index (χ3v) is 3.27. The van der Waals surface area contributed by atoms with E-state index in [0.29, 0.717) is 27.1 Å². The fraction of sp³-hybridized carbons (Fsp3) is 0.0714. The van der Waals surface area contributed by atoms with Crippen molar-refractivity contribution in [2.75, 3.05) is 16.4 Å². The Bertz CT molecular complexity index is 659. The van der Waals surface area contributed by atoms with E-state index in [-0.39, 0.29) is 0 Å². The zero-order valence-electron chi connectivity index (χ0n) is 10.7. The normalized spacial score (nSPS) is 10.2. The highest BCUT2D eigenvalue weighted by atomic mass is 35.5. The van der Waals surface area contributed by atoms with Gasteiger partial charge in [-0.15, -0.1) is 0 Å². The summed E-state index contributed by atoms with van der Waals surface area (Å²) < 4.78 is 0. The van der Waals surface area contributed by atoms with E-state index in [4.69, 9.17) is 28.9 Å². The first-order valence-electron chi connectivity index (χ1n) is 5.85. The fourth-order valence-electron chi connectivity index (χ4n) is 1.63. The van der Waals surface area contributed by atoms with Crippen molar-refractivity contribution in [3.05, 3.63) is 52.0 Å². The zero-order chi connectivity index (χ0) is 14.7. The Balaban J connectivity index is 2.09. The number of hydrogen-bond donors (Lipinski definition) is 3. The largest absolute Gasteiger partial charge is 0.399 e. The molecule has 2 amide bonds. The van der Waals surface area contributed by atoms with Crippen LogP contribution in [-0.2, 0) is 0 Å². The lowest BCUT2D eigenvalue weighted by molar-refractivity contribution is 0.262. The summed E-state index contributed by atoms with van der Waals surface area (Å²) in [5.74, 6) is 0. The van der Waals surface area contributed by atoms with E-state index < -0.39 is 6.03 Å². The number of nitrogens with two attached hydrogens (primary N) is 1. The molecule has 4 N–H and O–H groups in total. The molecule has 0 aliphatic heterocycles. The van der Waals surface area contributed by atoms with Crippen molar-refractivity contribution < 1.29 is 4.79 Å². The number of nitrogen functional groups attached to an aromatic ring is 1. The van der Waals surface area contributed by atoms with Crippen molar-refractivity contribution in [2.45, 2.75) is 6.92 Å². The van der Waals surface area contributed by atoms with Crippen LogP contribution < -0.4 is 16.4 Å². The molecule has 0 fully saturated rings. The fourth-order valence-corrected chi connectivity index (χ4v) is 1.97. The van der Waals surface area contributed by atoms with E-state index in [1.165, 1.54) is 0 Å². The van der Waals surface area contributed by atoms with Gasteiger partial charge in [-0.3, -0.25) is 0 Å². The van der Waals surface area contributed by atoms with E-state index in [1.807, 2.05) is 6.92 Å². The molecule has 0 atom stereocenters. The summed E-state index contributed by atoms with van der Waals surface area (Å²) in [7, 11) is 0. The molecule has 2 aromatic carbocycles. The quantitative estimate of drug-likeness (QED) is 0.713. The number of amides is 2. The van der Waals surface area contributed by atoms with Crippen LogP contribution in [0, 0.1) is 6.92 Å². The maximum absolute atomic E-state index is 11.9. The predicted octanol–water partition coefficient (Wildman–Crippen LogP) is 4.53. The Hall–Kier alpha value is -1.91. The minimum Gasteiger partial charge on any atom is -0.399 e. The number of halogens is 2. The topological polar surface area (TPSA) is 67.2 Å². The number of urea groups is 1. The predicted molar refractivity (Wildman–Crippen MR) is 84.7 cm³/mol. The van der Waals surface area contributed by atoms with Gasteiger partial charge in [0, 0.05) is 16.4 Å². The summed E-state index contributed by atoms with van der Waals surface area (Å²) >= 11 is 11.8. The first-order chi connectivity index (χ1) is 9.45. The lowest BCUT2D eigenvalue weighted by Crippen LogP contribution is -2.19. The van der Waals surface area contributed by atoms with E-state index in [1.54, 1.807) is 36.4 Å². The average molecular weight is 310 g/mol. The Morgan fingerprint density at radius 1 is 1.10 bits per heavy atom. The molecule has 0 unspecified atom stereocenters. The minimum absolute atomic E-state index is 0.404. The highest BCUT2D eigenvalue weighted by Gasteiger charge is 2.07. The second-order valence-electron chi connectivity index (χ2n) is 4.27. The van der Waals surface area contributed by atoms with Crippen molar-refractivity contribution in [1.29, 1.82) is 0 Å². The molecule has 2 aromatic rings. The average Bonchev–Trinajstić information content (AvgIpc) is 2.38. The van der Waals surface area contributed by atoms with Gasteiger partial charge >= 0.3 is 6.03 Å². The molecule has 0 spiro atoms. The third kappa shape index (κ3) is 3.56. The van der Waals surface area contributed by atoms with Crippen molar-refractivity contribution >= 4 is 46.3 Å². The number of rotatable bonds is 2. The number of carbonyl (C=O) groups is 1. The molecule has 104 valence electrons. The van der Waals surface area contributed by atoms with Crippen LogP contribution in [0.3, 0.4) is 0 Å². The zero-order valence-corrected chi connectivity index (χ0v) is 12.2. The number of carbonyl (C=O) groups excluding carboxylic acids is 1. The van der Waals surface area contributed by atoms with Gasteiger partial charge in [0.2, 0.25) is 0 Å². The standard InChI is InChI=1S/C14H13Cl2N3O/c1-8-6-10(3-5-12(8)17)18-14(20)19-13-7-9(15)2-4-11(13)16/h2-7H,17H2,1H3,(H2,18,19,20). The molecule has 20 heavy (non-hydrogen) atoms. The minimum atomic E-state index is -0.404. The molecule has 0 saturated heterocycles. The van der Waals surface area contributed by atoms with Gasteiger partial charge in [-0.1, -0.05) is 23.2 Å². The van der Waals surface area contributed by atoms with Crippen LogP contribution in [0.25, 0.3) is 0 Å². The molecule has 0 aliphatic carbocycles. The molecule has 0 aliphatic rings. The molecular formula is C14H13Cl2N3O. The van der Waals surface area contributed by atoms with Gasteiger partial charge in [0.05, 0.1) is 10.7 Å². The van der Waals surface area contributed by atoms with Gasteiger partial charge in [0.15, 0.2) is 0 Å². The molecule has 6 heteroatoms. The van der Waals surface area contributed by atoms with Crippen LogP contribution in [0.5, 0.6) is 0 Å². The SMILES string of the molecule is Cc1cc(NC(=O)Nc2cc(Cl)ccc2Cl)ccc1N. The summed E-state index contributed by atoms with van der Waals surface area (Å²) in [6, 6.07) is 9.69. The van der Waals surface area contributed by atoms with Crippen LogP contribution in [0.2, 0.25) is 10.0 Å². The molecule has 0 saturated carbocycles. The first-order valence-corrected chi connectivity index (χ1v) is 6.60. The number of benzene rings is 2. The van der Waals surface area contributed by atoms with Gasteiger partial charge < -0.3 is 16.4 Å². The van der Waals surface area contributed by atoms with Crippen molar-refractivity contribution in [3.8, 4) is 0 Å². The smallest absolute Gasteiger partial charge is 0.323 e. The summed E-state index contributed by atoms with van der Waals surface area (Å²) in [5, 5.41) is 6.24. The molecule has 2 rings (SSSR count). The number of hydrogen-bond acceptors (Lipinski definition) is 2. The Morgan fingerprint density at radius 2 is 1.85 bits per heavy atom. The molecular weight excluding hydrogens is 297 g/mol. The van der Waals surface area contributed by atoms with Crippen molar-refractivity contribution in [2.24, 2.45) is 0 Å². The van der Waals surface area contributed by atoms with E-state index in [9.17, 15) is 4.79 Å². The molecule has 4 nitrogen and oxygen atoms in total. The number of anilines is 3. The Morgan fingerprint density at radius 3 is 2.55 bits per heavy atom. The van der Waals surface area contributed by atoms with Crippen LogP contribution in [0.4, 0.5) is 21.9 Å². The molecule has 0 radical (unpaired) electrons. The monoisotopic (exact) mass is 309 g/mol. The summed E-state index contributed by atoms with van der Waals surface area (Å²) in [5.41, 5.74) is 8.38. The summed E-state index contributed by atoms with van der Waals surface area (Å²) in [6.07, 6.45) is 0. The first kappa shape index (κ1) is 14.5. The molecule has 0 bridgehead atoms. The van der Waals surface area contributed by atoms with Crippen molar-refractivity contribution in [1.82, 2.24) is 0 Å². The third-order valence-electron chi connectivity index (χ3n) is 2.70. The molecule has 0 aromatic heterocycles. The van der Waals surface area contributed by atoms with Crippen molar-refractivity contribution in [3.63, 3.8) is 0 Å². The van der Waals surface area contributed by atoms with Gasteiger partial charge in [0.25, 0.3) is 0 Å². The van der Waals surface area contributed by atoms with Crippen LogP contribution in [0.1, 0.15) is 5.56 Å². The van der Waals surface area contributed by atoms with Gasteiger partial charge in [-0.25, -0.2) is 4.79 Å². The highest BCUT2D eigenvalue weighted by Crippen LogP contribution is 2.25. The van der Waals surface area contributed by atoms with Crippen LogP contribution in [0.15, 0.2) is 36.4 Å². The highest BCUT2D eigenvalue weighted by molar-refractivity contribution is 6.35. The van der Waals surface area contributed by atoms with Gasteiger partial charge in [0.1, 0.15) is 0 Å². The van der Waals surface area contributed by atoms with Crippen LogP contribution >= 0.6 is 23.2 Å². The Labute approximate surface area is 126 Å². The van der Waals surface area contributed by atoms with E-state index in [0.717, 1.165) is 5.56 Å². The lowest BCUT2D eigenvalue weighted by atomic mass is 10.2. The van der Waals surface area contributed by atoms with Crippen LogP contribution in [-0.4, -0.2) is 6.03 Å².